The molecule has 0 heterocycles. The van der Waals surface area contributed by atoms with E-state index in [-0.39, 0.29) is 21.2 Å². The van der Waals surface area contributed by atoms with Crippen molar-refractivity contribution in [3.8, 4) is 22.3 Å². The van der Waals surface area contributed by atoms with Gasteiger partial charge in [-0.25, -0.2) is 0 Å². The number of nitro benzene ring substituents is 2. The molecule has 40 heavy (non-hydrogen) atoms. The SMILES string of the molecule is Nc1ccc(Sc2ccc(-c3ccc(-c4ccc(Sc5ccc(N)cc5)c([N+](=O)[O-])c4)cc3)cc2[N+](=O)[O-])cc1. The molecular formula is C30H22N4O4S2. The van der Waals surface area contributed by atoms with E-state index in [1.54, 1.807) is 48.5 Å². The third kappa shape index (κ3) is 6.09. The Balaban J connectivity index is 1.40. The van der Waals surface area contributed by atoms with Gasteiger partial charge in [0.1, 0.15) is 0 Å². The molecular weight excluding hydrogens is 544 g/mol. The molecule has 4 N–H and O–H groups in total. The van der Waals surface area contributed by atoms with Crippen LogP contribution in [-0.4, -0.2) is 9.85 Å². The van der Waals surface area contributed by atoms with E-state index in [0.29, 0.717) is 32.3 Å². The van der Waals surface area contributed by atoms with Gasteiger partial charge in [0.25, 0.3) is 11.4 Å². The van der Waals surface area contributed by atoms with Crippen LogP contribution in [-0.2, 0) is 0 Å². The standard InChI is InChI=1S/C30H22N4O4S2/c31-23-7-11-25(12-8-23)39-29-15-5-21(17-27(29)33(35)36)19-1-2-20(4-3-19)22-6-16-30(28(18-22)34(37)38)40-26-13-9-24(32)10-14-26/h1-18H,31-32H2. The van der Waals surface area contributed by atoms with Gasteiger partial charge in [0, 0.05) is 33.3 Å². The summed E-state index contributed by atoms with van der Waals surface area (Å²) >= 11 is 2.60. The van der Waals surface area contributed by atoms with Crippen LogP contribution in [0.1, 0.15) is 0 Å². The van der Waals surface area contributed by atoms with Crippen LogP contribution in [0.15, 0.2) is 129 Å². The normalized spacial score (nSPS) is 10.8. The summed E-state index contributed by atoms with van der Waals surface area (Å²) in [5, 5.41) is 23.7. The van der Waals surface area contributed by atoms with E-state index in [9.17, 15) is 20.2 Å². The Hall–Kier alpha value is -4.80. The topological polar surface area (TPSA) is 138 Å². The average Bonchev–Trinajstić information content (AvgIpc) is 2.96. The maximum atomic E-state index is 11.8. The molecule has 0 saturated heterocycles. The van der Waals surface area contributed by atoms with E-state index in [0.717, 1.165) is 20.9 Å². The molecule has 5 aromatic carbocycles. The first kappa shape index (κ1) is 26.8. The molecule has 0 radical (unpaired) electrons. The molecule has 0 unspecified atom stereocenters. The fraction of sp³-hybridized carbons (Fsp3) is 0. The van der Waals surface area contributed by atoms with Gasteiger partial charge in [0.2, 0.25) is 0 Å². The number of nitro groups is 2. The van der Waals surface area contributed by atoms with Crippen LogP contribution in [0, 0.1) is 20.2 Å². The van der Waals surface area contributed by atoms with Crippen LogP contribution in [0.5, 0.6) is 0 Å². The molecule has 0 amide bonds. The Kier molecular flexibility index (Phi) is 7.72. The Morgan fingerprint density at radius 2 is 0.800 bits per heavy atom. The van der Waals surface area contributed by atoms with Crippen LogP contribution in [0.4, 0.5) is 22.7 Å². The lowest BCUT2D eigenvalue weighted by Gasteiger charge is -2.09. The van der Waals surface area contributed by atoms with E-state index in [4.69, 9.17) is 11.5 Å². The molecule has 5 rings (SSSR count). The summed E-state index contributed by atoms with van der Waals surface area (Å²) in [5.41, 5.74) is 15.7. The van der Waals surface area contributed by atoms with Gasteiger partial charge in [0.05, 0.1) is 19.6 Å². The fourth-order valence-corrected chi connectivity index (χ4v) is 5.83. The highest BCUT2D eigenvalue weighted by Gasteiger charge is 2.18. The van der Waals surface area contributed by atoms with Crippen LogP contribution < -0.4 is 11.5 Å². The first-order valence-corrected chi connectivity index (χ1v) is 13.6. The van der Waals surface area contributed by atoms with Crippen LogP contribution in [0.3, 0.4) is 0 Å². The molecule has 0 fully saturated rings. The van der Waals surface area contributed by atoms with Gasteiger partial charge in [-0.1, -0.05) is 59.9 Å². The van der Waals surface area contributed by atoms with E-state index < -0.39 is 0 Å². The van der Waals surface area contributed by atoms with Crippen molar-refractivity contribution in [2.45, 2.75) is 19.6 Å². The van der Waals surface area contributed by atoms with Gasteiger partial charge < -0.3 is 11.5 Å². The number of hydrogen-bond acceptors (Lipinski definition) is 8. The molecule has 0 aromatic heterocycles. The smallest absolute Gasteiger partial charge is 0.283 e. The largest absolute Gasteiger partial charge is 0.399 e. The van der Waals surface area contributed by atoms with Gasteiger partial charge in [-0.2, -0.15) is 0 Å². The first-order valence-electron chi connectivity index (χ1n) is 12.0. The van der Waals surface area contributed by atoms with Crippen molar-refractivity contribution in [3.63, 3.8) is 0 Å². The molecule has 0 bridgehead atoms. The fourth-order valence-electron chi connectivity index (χ4n) is 4.03. The third-order valence-electron chi connectivity index (χ3n) is 6.08. The zero-order valence-corrected chi connectivity index (χ0v) is 22.5. The summed E-state index contributed by atoms with van der Waals surface area (Å²) in [4.78, 5) is 25.7. The van der Waals surface area contributed by atoms with Crippen molar-refractivity contribution in [1.29, 1.82) is 0 Å². The van der Waals surface area contributed by atoms with E-state index in [2.05, 4.69) is 0 Å². The highest BCUT2D eigenvalue weighted by Crippen LogP contribution is 2.40. The maximum Gasteiger partial charge on any atom is 0.283 e. The molecule has 0 spiro atoms. The first-order chi connectivity index (χ1) is 19.3. The summed E-state index contributed by atoms with van der Waals surface area (Å²) in [5.74, 6) is 0. The number of nitrogen functional groups attached to an aromatic ring is 2. The van der Waals surface area contributed by atoms with Crippen molar-refractivity contribution < 1.29 is 9.85 Å². The molecule has 10 heteroatoms. The minimum atomic E-state index is -0.388. The Bertz CT molecular complexity index is 1580. The predicted molar refractivity (Wildman–Crippen MR) is 161 cm³/mol. The van der Waals surface area contributed by atoms with Crippen molar-refractivity contribution in [2.24, 2.45) is 0 Å². The lowest BCUT2D eigenvalue weighted by atomic mass is 10.00. The number of hydrogen-bond donors (Lipinski definition) is 2. The molecule has 0 aliphatic rings. The van der Waals surface area contributed by atoms with Crippen LogP contribution in [0.25, 0.3) is 22.3 Å². The van der Waals surface area contributed by atoms with Gasteiger partial charge in [-0.05, 0) is 82.9 Å². The molecule has 5 aromatic rings. The number of nitrogens with two attached hydrogens (primary N) is 2. The second-order valence-corrected chi connectivity index (χ2v) is 11.0. The van der Waals surface area contributed by atoms with Crippen molar-refractivity contribution >= 4 is 46.3 Å². The summed E-state index contributed by atoms with van der Waals surface area (Å²) in [7, 11) is 0. The second kappa shape index (κ2) is 11.5. The quantitative estimate of drug-likeness (QED) is 0.109. The van der Waals surface area contributed by atoms with Gasteiger partial charge in [-0.3, -0.25) is 20.2 Å². The summed E-state index contributed by atoms with van der Waals surface area (Å²) in [6.45, 7) is 0. The highest BCUT2D eigenvalue weighted by molar-refractivity contribution is 7.99. The summed E-state index contributed by atoms with van der Waals surface area (Å²) < 4.78 is 0. The van der Waals surface area contributed by atoms with Crippen molar-refractivity contribution in [2.75, 3.05) is 11.5 Å². The Morgan fingerprint density at radius 1 is 0.475 bits per heavy atom. The van der Waals surface area contributed by atoms with E-state index in [1.165, 1.54) is 23.5 Å². The van der Waals surface area contributed by atoms with Crippen molar-refractivity contribution in [1.82, 2.24) is 0 Å². The number of rotatable bonds is 8. The zero-order valence-electron chi connectivity index (χ0n) is 20.9. The minimum absolute atomic E-state index is 0.00761. The van der Waals surface area contributed by atoms with Crippen LogP contribution >= 0.6 is 23.5 Å². The van der Waals surface area contributed by atoms with E-state index in [1.807, 2.05) is 60.7 Å². The van der Waals surface area contributed by atoms with E-state index >= 15 is 0 Å². The van der Waals surface area contributed by atoms with Gasteiger partial charge >= 0.3 is 0 Å². The summed E-state index contributed by atoms with van der Waals surface area (Å²) in [6, 6.07) is 32.0. The number of nitrogens with zero attached hydrogens (tertiary/aromatic N) is 2. The third-order valence-corrected chi connectivity index (χ3v) is 8.22. The molecule has 0 saturated carbocycles. The zero-order chi connectivity index (χ0) is 28.2. The lowest BCUT2D eigenvalue weighted by Crippen LogP contribution is -1.93. The maximum absolute atomic E-state index is 11.8. The molecule has 0 atom stereocenters. The minimum Gasteiger partial charge on any atom is -0.399 e. The predicted octanol–water partition coefficient (Wildman–Crippen LogP) is 8.30. The molecule has 198 valence electrons. The Labute approximate surface area is 238 Å². The molecule has 0 aliphatic carbocycles. The van der Waals surface area contributed by atoms with Crippen molar-refractivity contribution in [3.05, 3.63) is 129 Å². The highest BCUT2D eigenvalue weighted by atomic mass is 32.2. The Morgan fingerprint density at radius 3 is 1.12 bits per heavy atom. The second-order valence-electron chi connectivity index (χ2n) is 8.80. The average molecular weight is 567 g/mol. The van der Waals surface area contributed by atoms with Gasteiger partial charge in [0.15, 0.2) is 0 Å². The number of anilines is 2. The van der Waals surface area contributed by atoms with Gasteiger partial charge in [-0.15, -0.1) is 0 Å². The molecule has 8 nitrogen and oxygen atoms in total. The monoisotopic (exact) mass is 566 g/mol. The van der Waals surface area contributed by atoms with Crippen LogP contribution in [0.2, 0.25) is 0 Å². The molecule has 0 aliphatic heterocycles. The lowest BCUT2D eigenvalue weighted by molar-refractivity contribution is -0.387. The number of benzene rings is 5. The summed E-state index contributed by atoms with van der Waals surface area (Å²) in [6.07, 6.45) is 0.